The molecule has 1 aliphatic rings. The minimum absolute atomic E-state index is 0.0775. The molecule has 146 valence electrons. The van der Waals surface area contributed by atoms with E-state index in [0.29, 0.717) is 6.04 Å². The zero-order valence-electron chi connectivity index (χ0n) is 16.3. The van der Waals surface area contributed by atoms with Crippen molar-refractivity contribution in [1.82, 2.24) is 20.1 Å². The Morgan fingerprint density at radius 1 is 1.22 bits per heavy atom. The van der Waals surface area contributed by atoms with Gasteiger partial charge in [-0.25, -0.2) is 0 Å². The van der Waals surface area contributed by atoms with E-state index in [9.17, 15) is 4.79 Å². The first-order valence-electron chi connectivity index (χ1n) is 9.60. The van der Waals surface area contributed by atoms with Gasteiger partial charge in [0.25, 0.3) is 0 Å². The number of aromatic nitrogens is 3. The first kappa shape index (κ1) is 19.7. The number of hydrogen-bond acceptors (Lipinski definition) is 5. The summed E-state index contributed by atoms with van der Waals surface area (Å²) in [7, 11) is 3.56. The molecule has 2 aromatic rings. The van der Waals surface area contributed by atoms with E-state index in [1.54, 1.807) is 7.11 Å². The van der Waals surface area contributed by atoms with Crippen LogP contribution in [0.25, 0.3) is 11.4 Å². The Hall–Kier alpha value is -2.02. The number of thioether (sulfide) groups is 1. The zero-order valence-corrected chi connectivity index (χ0v) is 17.1. The van der Waals surface area contributed by atoms with Crippen LogP contribution in [0.5, 0.6) is 5.75 Å². The van der Waals surface area contributed by atoms with Crippen molar-refractivity contribution in [2.75, 3.05) is 7.11 Å². The number of methoxy groups -OCH3 is 1. The SMILES string of the molecule is COc1ccccc1-c1nnc(S[C@H](C)C(=O)NC2CCCCCC2)n1C. The number of nitrogens with zero attached hydrogens (tertiary/aromatic N) is 3. The number of carbonyl (C=O) groups is 1. The molecule has 27 heavy (non-hydrogen) atoms. The Morgan fingerprint density at radius 3 is 2.63 bits per heavy atom. The first-order chi connectivity index (χ1) is 13.1. The molecule has 0 saturated heterocycles. The lowest BCUT2D eigenvalue weighted by molar-refractivity contribution is -0.121. The Balaban J connectivity index is 1.67. The molecule has 1 aliphatic carbocycles. The van der Waals surface area contributed by atoms with Gasteiger partial charge >= 0.3 is 0 Å². The van der Waals surface area contributed by atoms with Crippen LogP contribution in [0.15, 0.2) is 29.4 Å². The highest BCUT2D eigenvalue weighted by atomic mass is 32.2. The van der Waals surface area contributed by atoms with Crippen molar-refractivity contribution in [3.63, 3.8) is 0 Å². The molecule has 1 N–H and O–H groups in total. The second-order valence-electron chi connectivity index (χ2n) is 7.02. The largest absolute Gasteiger partial charge is 0.496 e. The van der Waals surface area contributed by atoms with E-state index < -0.39 is 0 Å². The fourth-order valence-corrected chi connectivity index (χ4v) is 4.26. The highest BCUT2D eigenvalue weighted by molar-refractivity contribution is 8.00. The van der Waals surface area contributed by atoms with Gasteiger partial charge in [0.15, 0.2) is 11.0 Å². The van der Waals surface area contributed by atoms with Crippen LogP contribution in [0, 0.1) is 0 Å². The Kier molecular flexibility index (Phi) is 6.77. The molecule has 7 heteroatoms. The fourth-order valence-electron chi connectivity index (χ4n) is 3.44. The maximum Gasteiger partial charge on any atom is 0.233 e. The summed E-state index contributed by atoms with van der Waals surface area (Å²) in [5.41, 5.74) is 0.886. The van der Waals surface area contributed by atoms with Gasteiger partial charge in [0, 0.05) is 13.1 Å². The predicted octanol–water partition coefficient (Wildman–Crippen LogP) is 3.81. The summed E-state index contributed by atoms with van der Waals surface area (Å²) < 4.78 is 7.34. The maximum atomic E-state index is 12.6. The van der Waals surface area contributed by atoms with Crippen LogP contribution in [0.1, 0.15) is 45.4 Å². The molecule has 1 atom stereocenters. The van der Waals surface area contributed by atoms with Crippen LogP contribution >= 0.6 is 11.8 Å². The number of carbonyl (C=O) groups excluding carboxylic acids is 1. The van der Waals surface area contributed by atoms with Gasteiger partial charge in [0.2, 0.25) is 5.91 Å². The quantitative estimate of drug-likeness (QED) is 0.602. The molecule has 1 aromatic heterocycles. The van der Waals surface area contributed by atoms with Gasteiger partial charge in [0.1, 0.15) is 5.75 Å². The second-order valence-corrected chi connectivity index (χ2v) is 8.33. The minimum Gasteiger partial charge on any atom is -0.496 e. The van der Waals surface area contributed by atoms with Crippen LogP contribution in [0.2, 0.25) is 0 Å². The summed E-state index contributed by atoms with van der Waals surface area (Å²) in [6.45, 7) is 1.92. The molecular formula is C20H28N4O2S. The smallest absolute Gasteiger partial charge is 0.233 e. The summed E-state index contributed by atoms with van der Waals surface area (Å²) in [4.78, 5) is 12.6. The van der Waals surface area contributed by atoms with E-state index in [2.05, 4.69) is 15.5 Å². The highest BCUT2D eigenvalue weighted by Crippen LogP contribution is 2.31. The molecular weight excluding hydrogens is 360 g/mol. The molecule has 1 amide bonds. The fraction of sp³-hybridized carbons (Fsp3) is 0.550. The summed E-state index contributed by atoms with van der Waals surface area (Å²) >= 11 is 1.44. The third-order valence-corrected chi connectivity index (χ3v) is 6.17. The monoisotopic (exact) mass is 388 g/mol. The first-order valence-corrected chi connectivity index (χ1v) is 10.5. The van der Waals surface area contributed by atoms with E-state index >= 15 is 0 Å². The van der Waals surface area contributed by atoms with E-state index in [1.807, 2.05) is 42.8 Å². The molecule has 1 heterocycles. The van der Waals surface area contributed by atoms with Crippen molar-refractivity contribution in [3.8, 4) is 17.1 Å². The highest BCUT2D eigenvalue weighted by Gasteiger charge is 2.23. The van der Waals surface area contributed by atoms with Gasteiger partial charge in [-0.1, -0.05) is 49.6 Å². The molecule has 1 aromatic carbocycles. The number of hydrogen-bond donors (Lipinski definition) is 1. The molecule has 1 saturated carbocycles. The van der Waals surface area contributed by atoms with E-state index in [1.165, 1.54) is 37.4 Å². The van der Waals surface area contributed by atoms with Crippen LogP contribution < -0.4 is 10.1 Å². The molecule has 0 unspecified atom stereocenters. The van der Waals surface area contributed by atoms with Crippen molar-refractivity contribution in [3.05, 3.63) is 24.3 Å². The molecule has 3 rings (SSSR count). The lowest BCUT2D eigenvalue weighted by atomic mass is 10.1. The summed E-state index contributed by atoms with van der Waals surface area (Å²) in [6, 6.07) is 8.04. The number of rotatable bonds is 6. The maximum absolute atomic E-state index is 12.6. The summed E-state index contributed by atoms with van der Waals surface area (Å²) in [6.07, 6.45) is 7.15. The van der Waals surface area contributed by atoms with Crippen LogP contribution in [-0.4, -0.2) is 39.1 Å². The zero-order chi connectivity index (χ0) is 19.2. The van der Waals surface area contributed by atoms with Crippen LogP contribution in [-0.2, 0) is 11.8 Å². The van der Waals surface area contributed by atoms with Gasteiger partial charge in [-0.2, -0.15) is 0 Å². The topological polar surface area (TPSA) is 69.0 Å². The number of ether oxygens (including phenoxy) is 1. The summed E-state index contributed by atoms with van der Waals surface area (Å²) in [5.74, 6) is 1.56. The third-order valence-electron chi connectivity index (χ3n) is 5.04. The Morgan fingerprint density at radius 2 is 1.93 bits per heavy atom. The van der Waals surface area contributed by atoms with E-state index in [4.69, 9.17) is 4.74 Å². The lowest BCUT2D eigenvalue weighted by Gasteiger charge is -2.19. The van der Waals surface area contributed by atoms with Gasteiger partial charge in [-0.05, 0) is 31.9 Å². The molecule has 1 fully saturated rings. The molecule has 0 spiro atoms. The molecule has 0 aliphatic heterocycles. The average molecular weight is 389 g/mol. The number of amides is 1. The number of nitrogens with one attached hydrogen (secondary N) is 1. The standard InChI is InChI=1S/C20H28N4O2S/c1-14(19(25)21-15-10-6-4-5-7-11-15)27-20-23-22-18(24(20)2)16-12-8-9-13-17(16)26-3/h8-9,12-15H,4-7,10-11H2,1-3H3,(H,21,25)/t14-/m1/s1. The van der Waals surface area contributed by atoms with Crippen molar-refractivity contribution >= 4 is 17.7 Å². The minimum atomic E-state index is -0.221. The van der Waals surface area contributed by atoms with Gasteiger partial charge < -0.3 is 14.6 Å². The molecule has 6 nitrogen and oxygen atoms in total. The van der Waals surface area contributed by atoms with E-state index in [-0.39, 0.29) is 11.2 Å². The Labute approximate surface area is 165 Å². The molecule has 0 radical (unpaired) electrons. The second kappa shape index (κ2) is 9.26. The molecule has 0 bridgehead atoms. The van der Waals surface area contributed by atoms with Crippen LogP contribution in [0.4, 0.5) is 0 Å². The normalized spacial score (nSPS) is 16.6. The Bertz CT molecular complexity index is 769. The predicted molar refractivity (Wildman–Crippen MR) is 108 cm³/mol. The average Bonchev–Trinajstić information content (AvgIpc) is 2.86. The van der Waals surface area contributed by atoms with Gasteiger partial charge in [0.05, 0.1) is 17.9 Å². The van der Waals surface area contributed by atoms with E-state index in [0.717, 1.165) is 35.1 Å². The van der Waals surface area contributed by atoms with Crippen molar-refractivity contribution < 1.29 is 9.53 Å². The van der Waals surface area contributed by atoms with Crippen molar-refractivity contribution in [2.24, 2.45) is 7.05 Å². The van der Waals surface area contributed by atoms with Gasteiger partial charge in [-0.15, -0.1) is 10.2 Å². The van der Waals surface area contributed by atoms with Gasteiger partial charge in [-0.3, -0.25) is 4.79 Å². The van der Waals surface area contributed by atoms with Crippen molar-refractivity contribution in [1.29, 1.82) is 0 Å². The van der Waals surface area contributed by atoms with Crippen molar-refractivity contribution in [2.45, 2.75) is 61.9 Å². The number of benzene rings is 1. The third kappa shape index (κ3) is 4.83. The summed E-state index contributed by atoms with van der Waals surface area (Å²) in [5, 5.41) is 12.3. The number of para-hydroxylation sites is 1. The van der Waals surface area contributed by atoms with Crippen LogP contribution in [0.3, 0.4) is 0 Å². The lowest BCUT2D eigenvalue weighted by Crippen LogP contribution is -2.39.